The number of rotatable bonds is 7. The second-order valence-corrected chi connectivity index (χ2v) is 8.91. The molecule has 0 atom stereocenters. The van der Waals surface area contributed by atoms with Crippen molar-refractivity contribution in [3.05, 3.63) is 47.5 Å². The first kappa shape index (κ1) is 21.4. The van der Waals surface area contributed by atoms with Crippen LogP contribution in [0.1, 0.15) is 11.9 Å². The molecule has 0 unspecified atom stereocenters. The van der Waals surface area contributed by atoms with Crippen LogP contribution in [0.2, 0.25) is 0 Å². The lowest BCUT2D eigenvalue weighted by Crippen LogP contribution is -2.46. The van der Waals surface area contributed by atoms with Gasteiger partial charge in [0.2, 0.25) is 11.0 Å². The summed E-state index contributed by atoms with van der Waals surface area (Å²) < 4.78 is 13.1. The Bertz CT molecular complexity index is 1020. The van der Waals surface area contributed by atoms with Crippen molar-refractivity contribution in [3.8, 4) is 0 Å². The van der Waals surface area contributed by atoms with Crippen LogP contribution in [-0.2, 0) is 11.2 Å². The van der Waals surface area contributed by atoms with E-state index in [0.717, 1.165) is 54.1 Å². The number of amides is 1. The highest BCUT2D eigenvalue weighted by molar-refractivity contribution is 7.99. The van der Waals surface area contributed by atoms with Crippen LogP contribution in [0, 0.1) is 5.82 Å². The van der Waals surface area contributed by atoms with Crippen molar-refractivity contribution in [2.75, 3.05) is 47.0 Å². The summed E-state index contributed by atoms with van der Waals surface area (Å²) in [5, 5.41) is 12.9. The van der Waals surface area contributed by atoms with E-state index in [1.54, 1.807) is 12.1 Å². The summed E-state index contributed by atoms with van der Waals surface area (Å²) in [5.74, 6) is 0.705. The van der Waals surface area contributed by atoms with E-state index in [9.17, 15) is 9.18 Å². The summed E-state index contributed by atoms with van der Waals surface area (Å²) in [6.07, 6.45) is 2.32. The second kappa shape index (κ2) is 10.0. The summed E-state index contributed by atoms with van der Waals surface area (Å²) in [6.45, 7) is 5.24. The maximum atomic E-state index is 13.1. The number of piperazine rings is 1. The van der Waals surface area contributed by atoms with Crippen LogP contribution in [0.4, 0.5) is 21.0 Å². The lowest BCUT2D eigenvalue weighted by Gasteiger charge is -2.36. The molecule has 3 aromatic rings. The zero-order chi connectivity index (χ0) is 21.6. The Morgan fingerprint density at radius 1 is 1.13 bits per heavy atom. The summed E-state index contributed by atoms with van der Waals surface area (Å²) in [6, 6.07) is 8.49. The molecule has 0 spiro atoms. The molecule has 3 heterocycles. The van der Waals surface area contributed by atoms with E-state index in [0.29, 0.717) is 5.13 Å². The topological polar surface area (TPSA) is 87.1 Å². The smallest absolute Gasteiger partial charge is 0.236 e. The maximum absolute atomic E-state index is 13.1. The molecule has 1 aliphatic heterocycles. The van der Waals surface area contributed by atoms with Crippen LogP contribution >= 0.6 is 23.1 Å². The number of carbonyl (C=O) groups excluding carboxylic acids is 1. The SMILES string of the molecule is CCc1nnc(NC(=O)CSc2cc(N3CCN(c4ccc(F)cc4)CC3)ncn2)s1. The number of nitrogens with zero attached hydrogens (tertiary/aromatic N) is 6. The van der Waals surface area contributed by atoms with Crippen LogP contribution in [0.5, 0.6) is 0 Å². The molecule has 0 radical (unpaired) electrons. The van der Waals surface area contributed by atoms with Gasteiger partial charge in [-0.15, -0.1) is 10.2 Å². The monoisotopic (exact) mass is 459 g/mol. The van der Waals surface area contributed by atoms with Crippen LogP contribution in [-0.4, -0.2) is 58.0 Å². The molecule has 1 amide bonds. The molecule has 1 aliphatic rings. The molecule has 0 saturated carbocycles. The number of thioether (sulfide) groups is 1. The van der Waals surface area contributed by atoms with Gasteiger partial charge in [-0.25, -0.2) is 14.4 Å². The number of benzene rings is 1. The predicted molar refractivity (Wildman–Crippen MR) is 121 cm³/mol. The van der Waals surface area contributed by atoms with Crippen molar-refractivity contribution in [1.29, 1.82) is 0 Å². The van der Waals surface area contributed by atoms with E-state index in [1.165, 1.54) is 41.6 Å². The van der Waals surface area contributed by atoms with Crippen molar-refractivity contribution >= 4 is 45.6 Å². The number of nitrogens with one attached hydrogen (secondary N) is 1. The van der Waals surface area contributed by atoms with Gasteiger partial charge in [0.05, 0.1) is 5.75 Å². The lowest BCUT2D eigenvalue weighted by atomic mass is 10.2. The quantitative estimate of drug-likeness (QED) is 0.426. The van der Waals surface area contributed by atoms with Crippen LogP contribution in [0.3, 0.4) is 0 Å². The number of hydrogen-bond acceptors (Lipinski definition) is 9. The van der Waals surface area contributed by atoms with Gasteiger partial charge in [-0.3, -0.25) is 10.1 Å². The summed E-state index contributed by atoms with van der Waals surface area (Å²) in [4.78, 5) is 25.3. The van der Waals surface area contributed by atoms with Crippen molar-refractivity contribution in [2.24, 2.45) is 0 Å². The Labute approximate surface area is 187 Å². The first-order valence-corrected chi connectivity index (χ1v) is 11.7. The molecule has 1 N–H and O–H groups in total. The van der Waals surface area contributed by atoms with E-state index in [1.807, 2.05) is 13.0 Å². The fourth-order valence-corrected chi connectivity index (χ4v) is 4.53. The van der Waals surface area contributed by atoms with Crippen LogP contribution in [0.15, 0.2) is 41.7 Å². The number of anilines is 3. The van der Waals surface area contributed by atoms with Gasteiger partial charge in [-0.2, -0.15) is 0 Å². The number of halogens is 1. The minimum Gasteiger partial charge on any atom is -0.368 e. The molecule has 31 heavy (non-hydrogen) atoms. The molecule has 1 saturated heterocycles. The zero-order valence-corrected chi connectivity index (χ0v) is 18.6. The molecular formula is C20H22FN7OS2. The molecule has 4 rings (SSSR count). The minimum atomic E-state index is -0.226. The van der Waals surface area contributed by atoms with Crippen molar-refractivity contribution in [1.82, 2.24) is 20.2 Å². The number of aromatic nitrogens is 4. The lowest BCUT2D eigenvalue weighted by molar-refractivity contribution is -0.113. The third-order valence-electron chi connectivity index (χ3n) is 4.79. The number of hydrogen-bond donors (Lipinski definition) is 1. The van der Waals surface area contributed by atoms with Gasteiger partial charge in [0.15, 0.2) is 0 Å². The Morgan fingerprint density at radius 3 is 2.58 bits per heavy atom. The van der Waals surface area contributed by atoms with E-state index >= 15 is 0 Å². The zero-order valence-electron chi connectivity index (χ0n) is 17.0. The third-order valence-corrected chi connectivity index (χ3v) is 6.70. The molecule has 2 aromatic heterocycles. The standard InChI is InChI=1S/C20H22FN7OS2/c1-2-18-25-26-20(31-18)24-17(29)12-30-19-11-16(22-13-23-19)28-9-7-27(8-10-28)15-5-3-14(21)4-6-15/h3-6,11,13H,2,7-10,12H2,1H3,(H,24,26,29). The van der Waals surface area contributed by atoms with Crippen LogP contribution < -0.4 is 15.1 Å². The third kappa shape index (κ3) is 5.67. The summed E-state index contributed by atoms with van der Waals surface area (Å²) in [7, 11) is 0. The van der Waals surface area contributed by atoms with Gasteiger partial charge < -0.3 is 9.80 Å². The molecule has 8 nitrogen and oxygen atoms in total. The van der Waals surface area contributed by atoms with Crippen molar-refractivity contribution in [3.63, 3.8) is 0 Å². The van der Waals surface area contributed by atoms with E-state index in [-0.39, 0.29) is 17.5 Å². The molecule has 0 bridgehead atoms. The Morgan fingerprint density at radius 2 is 1.87 bits per heavy atom. The van der Waals surface area contributed by atoms with E-state index < -0.39 is 0 Å². The second-order valence-electron chi connectivity index (χ2n) is 6.86. The maximum Gasteiger partial charge on any atom is 0.236 e. The summed E-state index contributed by atoms with van der Waals surface area (Å²) >= 11 is 2.74. The molecule has 11 heteroatoms. The first-order chi connectivity index (χ1) is 15.1. The summed E-state index contributed by atoms with van der Waals surface area (Å²) in [5.41, 5.74) is 1.02. The van der Waals surface area contributed by atoms with E-state index in [4.69, 9.17) is 0 Å². The molecule has 1 fully saturated rings. The fourth-order valence-electron chi connectivity index (χ4n) is 3.17. The average Bonchev–Trinajstić information content (AvgIpc) is 3.26. The van der Waals surface area contributed by atoms with Gasteiger partial charge in [-0.1, -0.05) is 30.0 Å². The first-order valence-electron chi connectivity index (χ1n) is 9.93. The minimum absolute atomic E-state index is 0.142. The molecular weight excluding hydrogens is 437 g/mol. The van der Waals surface area contributed by atoms with Gasteiger partial charge in [0.1, 0.15) is 28.0 Å². The largest absolute Gasteiger partial charge is 0.368 e. The normalized spacial score (nSPS) is 14.0. The predicted octanol–water partition coefficient (Wildman–Crippen LogP) is 3.09. The number of aryl methyl sites for hydroxylation is 1. The average molecular weight is 460 g/mol. The Balaban J connectivity index is 1.29. The fraction of sp³-hybridized carbons (Fsp3) is 0.350. The van der Waals surface area contributed by atoms with Gasteiger partial charge in [-0.05, 0) is 30.7 Å². The highest BCUT2D eigenvalue weighted by Gasteiger charge is 2.19. The Hall–Kier alpha value is -2.79. The van der Waals surface area contributed by atoms with Gasteiger partial charge in [0.25, 0.3) is 0 Å². The van der Waals surface area contributed by atoms with Gasteiger partial charge in [0, 0.05) is 37.9 Å². The molecule has 1 aromatic carbocycles. The van der Waals surface area contributed by atoms with E-state index in [2.05, 4.69) is 35.3 Å². The molecule has 0 aliphatic carbocycles. The van der Waals surface area contributed by atoms with Gasteiger partial charge >= 0.3 is 0 Å². The Kier molecular flexibility index (Phi) is 6.92. The van der Waals surface area contributed by atoms with Crippen molar-refractivity contribution in [2.45, 2.75) is 18.4 Å². The highest BCUT2D eigenvalue weighted by Crippen LogP contribution is 2.23. The molecule has 162 valence electrons. The van der Waals surface area contributed by atoms with Crippen LogP contribution in [0.25, 0.3) is 0 Å². The highest BCUT2D eigenvalue weighted by atomic mass is 32.2. The van der Waals surface area contributed by atoms with Crippen molar-refractivity contribution < 1.29 is 9.18 Å². The number of carbonyl (C=O) groups is 1.